The van der Waals surface area contributed by atoms with Gasteiger partial charge in [0.15, 0.2) is 0 Å². The van der Waals surface area contributed by atoms with Crippen LogP contribution in [0.25, 0.3) is 60.5 Å². The van der Waals surface area contributed by atoms with Crippen LogP contribution in [0.2, 0.25) is 0 Å². The van der Waals surface area contributed by atoms with E-state index in [0.717, 1.165) is 33.9 Å². The molecule has 0 bridgehead atoms. The maximum atomic E-state index is 2.51. The quantitative estimate of drug-likeness (QED) is 0.156. The van der Waals surface area contributed by atoms with Crippen molar-refractivity contribution in [2.75, 3.05) is 4.90 Å². The summed E-state index contributed by atoms with van der Waals surface area (Å²) in [4.78, 5) is 2.37. The number of para-hydroxylation sites is 3. The summed E-state index contributed by atoms with van der Waals surface area (Å²) in [6.45, 7) is 0. The van der Waals surface area contributed by atoms with Crippen molar-refractivity contribution in [1.29, 1.82) is 0 Å². The molecule has 0 atom stereocenters. The molecule has 2 nitrogen and oxygen atoms in total. The third-order valence-corrected chi connectivity index (χ3v) is 12.8. The zero-order valence-electron chi connectivity index (χ0n) is 33.5. The van der Waals surface area contributed by atoms with Crippen LogP contribution >= 0.6 is 0 Å². The van der Waals surface area contributed by atoms with E-state index in [-0.39, 0.29) is 0 Å². The molecule has 0 unspecified atom stereocenters. The number of benzene rings is 10. The highest BCUT2D eigenvalue weighted by atomic mass is 15.1. The van der Waals surface area contributed by atoms with Crippen LogP contribution < -0.4 is 4.90 Å². The summed E-state index contributed by atoms with van der Waals surface area (Å²) in [7, 11) is 0. The van der Waals surface area contributed by atoms with Crippen molar-refractivity contribution >= 4 is 49.6 Å². The zero-order valence-corrected chi connectivity index (χ0v) is 33.5. The molecular formula is C59H40N2. The van der Waals surface area contributed by atoms with Gasteiger partial charge in [0.1, 0.15) is 0 Å². The molecule has 1 aliphatic rings. The van der Waals surface area contributed by atoms with Crippen LogP contribution in [0.5, 0.6) is 0 Å². The molecule has 0 fully saturated rings. The van der Waals surface area contributed by atoms with Gasteiger partial charge in [-0.2, -0.15) is 0 Å². The van der Waals surface area contributed by atoms with Crippen LogP contribution in [0, 0.1) is 0 Å². The van der Waals surface area contributed by atoms with Gasteiger partial charge in [-0.25, -0.2) is 0 Å². The van der Waals surface area contributed by atoms with Crippen molar-refractivity contribution in [3.05, 3.63) is 265 Å². The summed E-state index contributed by atoms with van der Waals surface area (Å²) in [5.41, 5.74) is 16.4. The summed E-state index contributed by atoms with van der Waals surface area (Å²) < 4.78 is 2.51. The molecule has 0 saturated heterocycles. The van der Waals surface area contributed by atoms with E-state index in [1.165, 1.54) is 66.0 Å². The first kappa shape index (κ1) is 35.0. The Bertz CT molecular complexity index is 3330. The van der Waals surface area contributed by atoms with E-state index in [0.29, 0.717) is 0 Å². The monoisotopic (exact) mass is 776 g/mol. The molecule has 10 aromatic carbocycles. The third kappa shape index (κ3) is 5.36. The summed E-state index contributed by atoms with van der Waals surface area (Å²) in [5.74, 6) is 0. The number of nitrogens with zero attached hydrogens (tertiary/aromatic N) is 2. The molecule has 12 rings (SSSR count). The van der Waals surface area contributed by atoms with Crippen LogP contribution in [-0.4, -0.2) is 4.57 Å². The molecule has 286 valence electrons. The number of fused-ring (bicyclic) bond motifs is 8. The Labute approximate surface area is 355 Å². The smallest absolute Gasteiger partial charge is 0.0714 e. The van der Waals surface area contributed by atoms with Crippen LogP contribution in [-0.2, 0) is 5.41 Å². The van der Waals surface area contributed by atoms with Gasteiger partial charge in [-0.1, -0.05) is 188 Å². The van der Waals surface area contributed by atoms with Crippen LogP contribution in [0.15, 0.2) is 243 Å². The molecule has 1 heterocycles. The first-order chi connectivity index (χ1) is 30.3. The fourth-order valence-electron chi connectivity index (χ4n) is 10.3. The normalized spacial score (nSPS) is 12.7. The Kier molecular flexibility index (Phi) is 8.11. The van der Waals surface area contributed by atoms with Gasteiger partial charge in [-0.15, -0.1) is 0 Å². The number of aromatic nitrogens is 1. The average Bonchev–Trinajstić information content (AvgIpc) is 3.83. The first-order valence-corrected chi connectivity index (χ1v) is 21.1. The predicted molar refractivity (Wildman–Crippen MR) is 256 cm³/mol. The molecule has 0 amide bonds. The molecule has 0 aliphatic heterocycles. The summed E-state index contributed by atoms with van der Waals surface area (Å²) in [5, 5.41) is 5.00. The molecule has 61 heavy (non-hydrogen) atoms. The van der Waals surface area contributed by atoms with E-state index in [2.05, 4.69) is 252 Å². The molecule has 1 aliphatic carbocycles. The molecule has 1 aromatic heterocycles. The Morgan fingerprint density at radius 3 is 1.64 bits per heavy atom. The molecule has 2 heteroatoms. The van der Waals surface area contributed by atoms with Crippen molar-refractivity contribution in [3.63, 3.8) is 0 Å². The minimum atomic E-state index is -0.502. The fraction of sp³-hybridized carbons (Fsp3) is 0.0169. The Morgan fingerprint density at radius 1 is 0.361 bits per heavy atom. The molecular weight excluding hydrogens is 737 g/mol. The molecule has 11 aromatic rings. The zero-order chi connectivity index (χ0) is 40.3. The van der Waals surface area contributed by atoms with Crippen LogP contribution in [0.4, 0.5) is 17.1 Å². The standard InChI is InChI=1S/C59H40N2/c1-5-20-43(21-6-1)59(44-22-7-2-8-23-44)53-31-17-15-30-50(53)51-37-35-47(40-54(51)59)61-56-38-34-41-19-13-14-29-49(41)58(56)52-36-33-42(39-57(52)61)48-28-16-18-32-55(48)60(45-24-9-3-10-25-45)46-26-11-4-12-27-46/h1-40H. The highest BCUT2D eigenvalue weighted by Gasteiger charge is 2.46. The van der Waals surface area contributed by atoms with Gasteiger partial charge in [0.2, 0.25) is 0 Å². The van der Waals surface area contributed by atoms with Gasteiger partial charge >= 0.3 is 0 Å². The van der Waals surface area contributed by atoms with E-state index in [9.17, 15) is 0 Å². The van der Waals surface area contributed by atoms with E-state index in [1.54, 1.807) is 0 Å². The highest BCUT2D eigenvalue weighted by molar-refractivity contribution is 6.22. The molecule has 0 N–H and O–H groups in total. The highest BCUT2D eigenvalue weighted by Crippen LogP contribution is 2.57. The van der Waals surface area contributed by atoms with E-state index in [4.69, 9.17) is 0 Å². The summed E-state index contributed by atoms with van der Waals surface area (Å²) >= 11 is 0. The SMILES string of the molecule is c1ccc(N(c2ccccc2)c2ccccc2-c2ccc3c4c5ccccc5ccc4n(-c4ccc5c(c4)C(c4ccccc4)(c4ccccc4)c4ccccc4-5)c3c2)cc1. The molecule has 0 saturated carbocycles. The van der Waals surface area contributed by atoms with Crippen molar-refractivity contribution in [2.45, 2.75) is 5.41 Å². The minimum absolute atomic E-state index is 0.502. The first-order valence-electron chi connectivity index (χ1n) is 21.1. The maximum Gasteiger partial charge on any atom is 0.0714 e. The van der Waals surface area contributed by atoms with Gasteiger partial charge < -0.3 is 9.47 Å². The average molecular weight is 777 g/mol. The maximum absolute atomic E-state index is 2.51. The van der Waals surface area contributed by atoms with E-state index < -0.39 is 5.41 Å². The fourth-order valence-corrected chi connectivity index (χ4v) is 10.3. The number of anilines is 3. The largest absolute Gasteiger partial charge is 0.310 e. The van der Waals surface area contributed by atoms with Crippen LogP contribution in [0.3, 0.4) is 0 Å². The Hall–Kier alpha value is -7.94. The van der Waals surface area contributed by atoms with Gasteiger partial charge in [0.05, 0.1) is 22.1 Å². The Balaban J connectivity index is 1.14. The molecule has 0 spiro atoms. The summed E-state index contributed by atoms with van der Waals surface area (Å²) in [6, 6.07) is 89.0. The lowest BCUT2D eigenvalue weighted by Gasteiger charge is -2.34. The second-order valence-corrected chi connectivity index (χ2v) is 16.0. The van der Waals surface area contributed by atoms with Gasteiger partial charge in [-0.3, -0.25) is 0 Å². The second kappa shape index (κ2) is 14.1. The van der Waals surface area contributed by atoms with Crippen LogP contribution in [0.1, 0.15) is 22.3 Å². The van der Waals surface area contributed by atoms with Gasteiger partial charge in [0.25, 0.3) is 0 Å². The number of hydrogen-bond donors (Lipinski definition) is 0. The third-order valence-electron chi connectivity index (χ3n) is 12.8. The summed E-state index contributed by atoms with van der Waals surface area (Å²) in [6.07, 6.45) is 0. The van der Waals surface area contributed by atoms with Crippen molar-refractivity contribution < 1.29 is 0 Å². The second-order valence-electron chi connectivity index (χ2n) is 16.0. The lowest BCUT2D eigenvalue weighted by atomic mass is 9.67. The topological polar surface area (TPSA) is 8.17 Å². The number of rotatable bonds is 7. The van der Waals surface area contributed by atoms with E-state index in [1.807, 2.05) is 0 Å². The minimum Gasteiger partial charge on any atom is -0.310 e. The molecule has 0 radical (unpaired) electrons. The lowest BCUT2D eigenvalue weighted by Crippen LogP contribution is -2.28. The van der Waals surface area contributed by atoms with E-state index >= 15 is 0 Å². The van der Waals surface area contributed by atoms with Crippen molar-refractivity contribution in [3.8, 4) is 27.9 Å². The Morgan fingerprint density at radius 2 is 0.934 bits per heavy atom. The van der Waals surface area contributed by atoms with Gasteiger partial charge in [0, 0.05) is 33.4 Å². The lowest BCUT2D eigenvalue weighted by molar-refractivity contribution is 0.767. The van der Waals surface area contributed by atoms with Crippen molar-refractivity contribution in [2.24, 2.45) is 0 Å². The van der Waals surface area contributed by atoms with Crippen molar-refractivity contribution in [1.82, 2.24) is 4.57 Å². The predicted octanol–water partition coefficient (Wildman–Crippen LogP) is 15.4. The van der Waals surface area contributed by atoms with Gasteiger partial charge in [-0.05, 0) is 104 Å². The number of hydrogen-bond acceptors (Lipinski definition) is 1.